The number of carbonyl (C=O) groups excluding carboxylic acids is 9. The van der Waals surface area contributed by atoms with Crippen molar-refractivity contribution in [1.29, 1.82) is 0 Å². The Balaban J connectivity index is 1.15. The molecule has 552 valence electrons. The van der Waals surface area contributed by atoms with Crippen molar-refractivity contribution in [1.82, 2.24) is 47.3 Å². The number of sulfonamides is 1. The Bertz CT molecular complexity index is 3690. The van der Waals surface area contributed by atoms with Gasteiger partial charge in [-0.1, -0.05) is 154 Å². The maximum absolute atomic E-state index is 14.9. The molecule has 102 heavy (non-hydrogen) atoms. The summed E-state index contributed by atoms with van der Waals surface area (Å²) in [4.78, 5) is 131. The number of benzene rings is 5. The van der Waals surface area contributed by atoms with Gasteiger partial charge in [0, 0.05) is 60.9 Å². The summed E-state index contributed by atoms with van der Waals surface area (Å²) in [5, 5.41) is 22.0. The summed E-state index contributed by atoms with van der Waals surface area (Å²) < 4.78 is 38.7. The van der Waals surface area contributed by atoms with Gasteiger partial charge in [-0.15, -0.1) is 11.8 Å². The maximum Gasteiger partial charge on any atom is 0.408 e. The van der Waals surface area contributed by atoms with E-state index in [9.17, 15) is 51.6 Å². The number of aryl methyl sites for hydroxylation is 1. The Morgan fingerprint density at radius 3 is 1.68 bits per heavy atom. The quantitative estimate of drug-likeness (QED) is 0.0117. The van der Waals surface area contributed by atoms with Crippen LogP contribution in [-0.2, 0) is 77.5 Å². The van der Waals surface area contributed by atoms with E-state index < -0.39 is 112 Å². The monoisotopic (exact) mass is 1460 g/mol. The second-order valence-electron chi connectivity index (χ2n) is 26.5. The van der Waals surface area contributed by atoms with Crippen LogP contribution in [0.5, 0.6) is 5.75 Å². The van der Waals surface area contributed by atoms with Gasteiger partial charge in [-0.25, -0.2) is 17.9 Å². The number of guanidine groups is 1. The molecule has 0 aromatic heterocycles. The zero-order valence-electron chi connectivity index (χ0n) is 59.2. The molecule has 0 aliphatic heterocycles. The summed E-state index contributed by atoms with van der Waals surface area (Å²) in [6, 6.07) is 33.6. The molecule has 0 saturated heterocycles. The Morgan fingerprint density at radius 1 is 0.588 bits per heavy atom. The fourth-order valence-corrected chi connectivity index (χ4v) is 14.6. The number of aliphatic imine (C=N–C) groups is 1. The third-order valence-corrected chi connectivity index (χ3v) is 20.5. The first-order valence-corrected chi connectivity index (χ1v) is 38.0. The molecule has 6 rings (SSSR count). The third kappa shape index (κ3) is 29.1. The number of rotatable bonds is 39. The first-order valence-electron chi connectivity index (χ1n) is 34.4. The third-order valence-electron chi connectivity index (χ3n) is 16.4. The van der Waals surface area contributed by atoms with E-state index in [1.54, 1.807) is 101 Å². The van der Waals surface area contributed by atoms with E-state index in [1.807, 2.05) is 74.5 Å². The van der Waals surface area contributed by atoms with Crippen molar-refractivity contribution >= 4 is 92.9 Å². The molecule has 6 atom stereocenters. The first-order chi connectivity index (χ1) is 48.6. The van der Waals surface area contributed by atoms with E-state index in [4.69, 9.17) is 20.9 Å². The van der Waals surface area contributed by atoms with Crippen LogP contribution in [0.15, 0.2) is 149 Å². The van der Waals surface area contributed by atoms with E-state index in [1.165, 1.54) is 23.9 Å². The number of primary amides is 1. The van der Waals surface area contributed by atoms with Gasteiger partial charge < -0.3 is 63.5 Å². The number of hydrogen-bond acceptors (Lipinski definition) is 16. The highest BCUT2D eigenvalue weighted by Gasteiger charge is 2.38. The Hall–Kier alpha value is -9.15. The number of nitrogens with one attached hydrogen (secondary N) is 9. The molecule has 0 heterocycles. The largest absolute Gasteiger partial charge is 0.494 e. The molecule has 28 heteroatoms. The summed E-state index contributed by atoms with van der Waals surface area (Å²) >= 11 is 3.06. The lowest BCUT2D eigenvalue weighted by Gasteiger charge is -2.37. The lowest BCUT2D eigenvalue weighted by molar-refractivity contribution is -0.136. The van der Waals surface area contributed by atoms with Gasteiger partial charge in [0.05, 0.1) is 17.9 Å². The van der Waals surface area contributed by atoms with Gasteiger partial charge in [-0.3, -0.25) is 43.3 Å². The molecule has 9 amide bonds. The second-order valence-corrected chi connectivity index (χ2v) is 30.6. The predicted molar refractivity (Wildman–Crippen MR) is 397 cm³/mol. The van der Waals surface area contributed by atoms with Crippen LogP contribution in [0.2, 0.25) is 0 Å². The standard InChI is InChI=1S/C74H100N12O13S3/c1-8-98-55-33-31-52(32-34-55)43-58(80-63(88)45-74(37-19-12-20-38-74)101-47-54-26-17-11-18-27-54)67(91)81-59(42-51-22-13-9-14-23-51)69(93)85-64(49(2)3)70(94)82-60(44-62(75)87)68(92)83-61(48-100-46-53-24-15-10-16-25-53)66(90)78-41-40-77-65(89)57(84-72(95)99-73(5,6)7)28-21-39-79-71(76)86-102(96,97)56-35-29-50(4)30-36-56/h9-11,13-18,22-27,29-36,49,57-61,64H,8,12,19-21,28,37-48H2,1-7H3,(H2,75,87)(H,77,89)(H,78,90)(H,80,88)(H,81,91)(H,82,94)(H,83,92)(H,84,95)(H,85,93)(H3,76,79,86)/t57-,58-,59+,60+,61+,64+/m1/s1. The molecule has 5 aromatic carbocycles. The summed E-state index contributed by atoms with van der Waals surface area (Å²) in [7, 11) is -4.03. The van der Waals surface area contributed by atoms with E-state index >= 15 is 0 Å². The lowest BCUT2D eigenvalue weighted by Crippen LogP contribution is -2.61. The fourth-order valence-electron chi connectivity index (χ4n) is 11.1. The summed E-state index contributed by atoms with van der Waals surface area (Å²) in [6.45, 7) is 12.0. The Kier molecular flexibility index (Phi) is 32.9. The van der Waals surface area contributed by atoms with Crippen LogP contribution in [0.25, 0.3) is 0 Å². The molecule has 25 nitrogen and oxygen atoms in total. The molecule has 5 aromatic rings. The van der Waals surface area contributed by atoms with Crippen LogP contribution in [-0.4, -0.2) is 146 Å². The van der Waals surface area contributed by atoms with Gasteiger partial charge >= 0.3 is 6.09 Å². The highest BCUT2D eigenvalue weighted by atomic mass is 32.2. The van der Waals surface area contributed by atoms with Crippen LogP contribution >= 0.6 is 23.5 Å². The number of nitrogens with two attached hydrogens (primary N) is 2. The van der Waals surface area contributed by atoms with Gasteiger partial charge in [0.2, 0.25) is 53.2 Å². The number of carbonyl (C=O) groups is 9. The first kappa shape index (κ1) is 81.8. The SMILES string of the molecule is CCOc1ccc(C[C@@H](NC(=O)CC2(SCc3ccccc3)CCCCC2)C(=O)N[C@@H](Cc2ccccc2)C(=O)N[C@H](C(=O)N[C@@H](CC(N)=O)C(=O)N[C@@H](CSCc2ccccc2)C(=O)NCCNC(=O)[C@@H](CCCN=C(N)NS(=O)(=O)c2ccc(C)cc2)NC(=O)OC(C)(C)C)C(C)C)cc1. The van der Waals surface area contributed by atoms with Crippen LogP contribution in [0.3, 0.4) is 0 Å². The van der Waals surface area contributed by atoms with Gasteiger partial charge in [0.25, 0.3) is 10.0 Å². The average molecular weight is 1460 g/mol. The van der Waals surface area contributed by atoms with Crippen molar-refractivity contribution in [2.75, 3.05) is 32.0 Å². The lowest BCUT2D eigenvalue weighted by atomic mass is 9.85. The summed E-state index contributed by atoms with van der Waals surface area (Å²) in [6.07, 6.45) is 3.37. The molecule has 1 aliphatic rings. The van der Waals surface area contributed by atoms with Crippen molar-refractivity contribution in [3.63, 3.8) is 0 Å². The number of thioether (sulfide) groups is 2. The minimum Gasteiger partial charge on any atom is -0.494 e. The number of nitrogens with zero attached hydrogens (tertiary/aromatic N) is 1. The number of amides is 9. The van der Waals surface area contributed by atoms with Gasteiger partial charge in [-0.2, -0.15) is 11.8 Å². The molecule has 1 saturated carbocycles. The zero-order chi connectivity index (χ0) is 74.2. The number of alkyl carbamates (subject to hydrolysis) is 1. The second kappa shape index (κ2) is 41.1. The topological polar surface area (TPSA) is 379 Å². The van der Waals surface area contributed by atoms with Gasteiger partial charge in [0.1, 0.15) is 47.6 Å². The zero-order valence-corrected chi connectivity index (χ0v) is 61.6. The summed E-state index contributed by atoms with van der Waals surface area (Å²) in [5.41, 5.74) is 15.0. The minimum absolute atomic E-state index is 0.00211. The Labute approximate surface area is 607 Å². The molecule has 1 fully saturated rings. The molecular formula is C74H100N12O13S3. The van der Waals surface area contributed by atoms with Crippen molar-refractivity contribution in [2.24, 2.45) is 22.4 Å². The van der Waals surface area contributed by atoms with E-state index in [0.717, 1.165) is 48.8 Å². The minimum atomic E-state index is -4.03. The molecule has 0 unspecified atom stereocenters. The molecule has 0 spiro atoms. The number of hydrogen-bond donors (Lipinski definition) is 11. The average Bonchev–Trinajstić information content (AvgIpc) is 0.829. The van der Waals surface area contributed by atoms with Crippen LogP contribution in [0.1, 0.15) is 127 Å². The van der Waals surface area contributed by atoms with E-state index in [-0.39, 0.29) is 79.0 Å². The van der Waals surface area contributed by atoms with Crippen LogP contribution in [0, 0.1) is 12.8 Å². The van der Waals surface area contributed by atoms with Crippen molar-refractivity contribution in [2.45, 2.75) is 182 Å². The number of ether oxygens (including phenoxy) is 2. The van der Waals surface area contributed by atoms with Gasteiger partial charge in [0.15, 0.2) is 0 Å². The van der Waals surface area contributed by atoms with Crippen LogP contribution < -0.4 is 63.5 Å². The van der Waals surface area contributed by atoms with E-state index in [2.05, 4.69) is 64.4 Å². The molecule has 1 aliphatic carbocycles. The molecule has 0 radical (unpaired) electrons. The van der Waals surface area contributed by atoms with Crippen LogP contribution in [0.4, 0.5) is 4.79 Å². The Morgan fingerprint density at radius 2 is 1.11 bits per heavy atom. The molecular weight excluding hydrogens is 1360 g/mol. The smallest absolute Gasteiger partial charge is 0.408 e. The normalized spacial score (nSPS) is 14.7. The van der Waals surface area contributed by atoms with Crippen molar-refractivity contribution in [3.05, 3.63) is 167 Å². The van der Waals surface area contributed by atoms with Crippen molar-refractivity contribution < 1.29 is 61.0 Å². The fraction of sp³-hybridized carbons (Fsp3) is 0.459. The van der Waals surface area contributed by atoms with Gasteiger partial charge in [-0.05, 0) is 113 Å². The highest BCUT2D eigenvalue weighted by molar-refractivity contribution is 8.00. The van der Waals surface area contributed by atoms with Crippen molar-refractivity contribution in [3.8, 4) is 5.75 Å². The molecule has 13 N–H and O–H groups in total. The predicted octanol–water partition coefficient (Wildman–Crippen LogP) is 6.29. The maximum atomic E-state index is 14.9. The summed E-state index contributed by atoms with van der Waals surface area (Å²) in [5.74, 6) is -5.24. The van der Waals surface area contributed by atoms with E-state index in [0.29, 0.717) is 35.0 Å². The highest BCUT2D eigenvalue weighted by Crippen LogP contribution is 2.44. The molecule has 0 bridgehead atoms.